The van der Waals surface area contributed by atoms with Crippen molar-refractivity contribution in [1.82, 2.24) is 9.36 Å². The molecule has 2 aromatic carbocycles. The van der Waals surface area contributed by atoms with Crippen LogP contribution in [0, 0.1) is 12.8 Å². The molecule has 0 bridgehead atoms. The lowest BCUT2D eigenvalue weighted by Gasteiger charge is -2.15. The van der Waals surface area contributed by atoms with Crippen LogP contribution in [0.1, 0.15) is 43.2 Å². The topological polar surface area (TPSA) is 101 Å². The van der Waals surface area contributed by atoms with Crippen LogP contribution in [0.3, 0.4) is 0 Å². The van der Waals surface area contributed by atoms with Crippen LogP contribution in [-0.4, -0.2) is 41.1 Å². The van der Waals surface area contributed by atoms with Crippen LogP contribution in [0.5, 0.6) is 11.5 Å². The number of para-hydroxylation sites is 1. The molecule has 1 amide bonds. The summed E-state index contributed by atoms with van der Waals surface area (Å²) in [4.78, 5) is 38.5. The van der Waals surface area contributed by atoms with Gasteiger partial charge in [0.2, 0.25) is 0 Å². The lowest BCUT2D eigenvalue weighted by molar-refractivity contribution is -0.123. The molecule has 1 N–H and O–H groups in total. The predicted octanol–water partition coefficient (Wildman–Crippen LogP) is 4.10. The summed E-state index contributed by atoms with van der Waals surface area (Å²) in [5.74, 6) is 0.103. The van der Waals surface area contributed by atoms with Gasteiger partial charge in [-0.05, 0) is 56.5 Å². The molecule has 0 aliphatic heterocycles. The molecular weight excluding hydrogens is 462 g/mol. The molecular formula is C27H33N3O6. The van der Waals surface area contributed by atoms with E-state index in [9.17, 15) is 14.4 Å². The minimum absolute atomic E-state index is 0.124. The third-order valence-corrected chi connectivity index (χ3v) is 5.81. The Morgan fingerprint density at radius 1 is 1.03 bits per heavy atom. The molecule has 3 rings (SSSR count). The fourth-order valence-electron chi connectivity index (χ4n) is 3.54. The second-order valence-corrected chi connectivity index (χ2v) is 8.87. The Bertz CT molecular complexity index is 1280. The smallest absolute Gasteiger partial charge is 0.339 e. The quantitative estimate of drug-likeness (QED) is 0.425. The van der Waals surface area contributed by atoms with E-state index in [4.69, 9.17) is 14.2 Å². The predicted molar refractivity (Wildman–Crippen MR) is 137 cm³/mol. The zero-order valence-electron chi connectivity index (χ0n) is 21.5. The summed E-state index contributed by atoms with van der Waals surface area (Å²) < 4.78 is 19.6. The summed E-state index contributed by atoms with van der Waals surface area (Å²) in [6, 6.07) is 13.8. The van der Waals surface area contributed by atoms with Crippen LogP contribution in [0.4, 0.5) is 5.69 Å². The van der Waals surface area contributed by atoms with E-state index in [1.54, 1.807) is 42.9 Å². The third-order valence-electron chi connectivity index (χ3n) is 5.81. The molecule has 192 valence electrons. The van der Waals surface area contributed by atoms with E-state index in [-0.39, 0.29) is 16.8 Å². The number of rotatable bonds is 10. The molecule has 0 saturated heterocycles. The highest BCUT2D eigenvalue weighted by molar-refractivity contribution is 5.97. The molecule has 3 aromatic rings. The van der Waals surface area contributed by atoms with Crippen LogP contribution < -0.4 is 20.3 Å². The van der Waals surface area contributed by atoms with Crippen molar-refractivity contribution < 1.29 is 23.8 Å². The summed E-state index contributed by atoms with van der Waals surface area (Å²) >= 11 is 0. The van der Waals surface area contributed by atoms with Crippen molar-refractivity contribution in [1.29, 1.82) is 0 Å². The summed E-state index contributed by atoms with van der Waals surface area (Å²) in [6.07, 6.45) is -0.258. The van der Waals surface area contributed by atoms with Crippen LogP contribution in [0.2, 0.25) is 0 Å². The van der Waals surface area contributed by atoms with Gasteiger partial charge in [-0.2, -0.15) is 0 Å². The number of benzene rings is 2. The van der Waals surface area contributed by atoms with Crippen molar-refractivity contribution in [3.05, 3.63) is 70.1 Å². The molecule has 9 heteroatoms. The number of aromatic nitrogens is 2. The molecule has 36 heavy (non-hydrogen) atoms. The molecule has 0 aliphatic rings. The van der Waals surface area contributed by atoms with Crippen LogP contribution in [0.15, 0.2) is 53.3 Å². The number of amides is 1. The van der Waals surface area contributed by atoms with Crippen molar-refractivity contribution in [2.45, 2.75) is 40.2 Å². The van der Waals surface area contributed by atoms with Crippen molar-refractivity contribution in [2.24, 2.45) is 13.0 Å². The maximum atomic E-state index is 13.0. The minimum Gasteiger partial charge on any atom is -0.493 e. The van der Waals surface area contributed by atoms with E-state index in [0.29, 0.717) is 35.4 Å². The Morgan fingerprint density at radius 3 is 2.36 bits per heavy atom. The molecule has 0 fully saturated rings. The van der Waals surface area contributed by atoms with Gasteiger partial charge in [-0.25, -0.2) is 9.48 Å². The van der Waals surface area contributed by atoms with E-state index >= 15 is 0 Å². The van der Waals surface area contributed by atoms with Crippen LogP contribution in [-0.2, 0) is 16.6 Å². The zero-order valence-corrected chi connectivity index (χ0v) is 21.5. The number of hydrogen-bond donors (Lipinski definition) is 1. The first kappa shape index (κ1) is 26.6. The van der Waals surface area contributed by atoms with Gasteiger partial charge in [-0.3, -0.25) is 14.3 Å². The number of hydrogen-bond acceptors (Lipinski definition) is 6. The average molecular weight is 496 g/mol. The number of methoxy groups -OCH3 is 1. The molecule has 0 radical (unpaired) electrons. The number of nitrogens with zero attached hydrogens (tertiary/aromatic N) is 2. The molecule has 1 unspecified atom stereocenters. The SMILES string of the molecule is COc1cc(C(=O)OC(C)C(=O)Nc2c(C)n(C)n(-c3ccccc3)c2=O)ccc1OCCC(C)C. The highest BCUT2D eigenvalue weighted by atomic mass is 16.5. The van der Waals surface area contributed by atoms with Gasteiger partial charge in [0.05, 0.1) is 30.7 Å². The third kappa shape index (κ3) is 5.97. The number of carbonyl (C=O) groups excluding carboxylic acids is 2. The molecule has 1 aromatic heterocycles. The lowest BCUT2D eigenvalue weighted by atomic mass is 10.1. The Morgan fingerprint density at radius 2 is 1.72 bits per heavy atom. The van der Waals surface area contributed by atoms with Gasteiger partial charge in [0, 0.05) is 7.05 Å². The minimum atomic E-state index is -1.14. The number of anilines is 1. The van der Waals surface area contributed by atoms with E-state index in [1.165, 1.54) is 24.8 Å². The van der Waals surface area contributed by atoms with Crippen molar-refractivity contribution >= 4 is 17.6 Å². The Labute approximate surface area is 210 Å². The standard InChI is InChI=1S/C27H33N3O6/c1-17(2)14-15-35-22-13-12-20(16-23(22)34-6)27(33)36-19(4)25(31)28-24-18(3)29(5)30(26(24)32)21-10-8-7-9-11-21/h7-13,16-17,19H,14-15H2,1-6H3,(H,28,31). The second-order valence-electron chi connectivity index (χ2n) is 8.87. The average Bonchev–Trinajstić information content (AvgIpc) is 3.07. The molecule has 0 saturated carbocycles. The maximum Gasteiger partial charge on any atom is 0.339 e. The molecule has 1 atom stereocenters. The van der Waals surface area contributed by atoms with Gasteiger partial charge in [0.25, 0.3) is 11.5 Å². The highest BCUT2D eigenvalue weighted by Crippen LogP contribution is 2.29. The Balaban J connectivity index is 1.70. The molecule has 1 heterocycles. The normalized spacial score (nSPS) is 11.8. The first-order chi connectivity index (χ1) is 17.1. The molecule has 9 nitrogen and oxygen atoms in total. The first-order valence-corrected chi connectivity index (χ1v) is 11.8. The van der Waals surface area contributed by atoms with Crippen molar-refractivity contribution in [2.75, 3.05) is 19.0 Å². The number of carbonyl (C=O) groups is 2. The van der Waals surface area contributed by atoms with Crippen molar-refractivity contribution in [3.63, 3.8) is 0 Å². The van der Waals surface area contributed by atoms with E-state index in [1.807, 2.05) is 18.2 Å². The van der Waals surface area contributed by atoms with E-state index in [2.05, 4.69) is 19.2 Å². The van der Waals surface area contributed by atoms with Crippen LogP contribution in [0.25, 0.3) is 5.69 Å². The number of esters is 1. The molecule has 0 spiro atoms. The van der Waals surface area contributed by atoms with Gasteiger partial charge in [-0.1, -0.05) is 32.0 Å². The first-order valence-electron chi connectivity index (χ1n) is 11.8. The Hall–Kier alpha value is -4.01. The molecule has 0 aliphatic carbocycles. The van der Waals surface area contributed by atoms with E-state index in [0.717, 1.165) is 6.42 Å². The van der Waals surface area contributed by atoms with Crippen LogP contribution >= 0.6 is 0 Å². The summed E-state index contributed by atoms with van der Waals surface area (Å²) in [7, 11) is 3.21. The van der Waals surface area contributed by atoms with Gasteiger partial charge in [-0.15, -0.1) is 0 Å². The number of ether oxygens (including phenoxy) is 3. The summed E-state index contributed by atoms with van der Waals surface area (Å²) in [5.41, 5.74) is 1.18. The maximum absolute atomic E-state index is 13.0. The lowest BCUT2D eigenvalue weighted by Crippen LogP contribution is -2.32. The van der Waals surface area contributed by atoms with E-state index < -0.39 is 18.0 Å². The van der Waals surface area contributed by atoms with Gasteiger partial charge >= 0.3 is 5.97 Å². The fraction of sp³-hybridized carbons (Fsp3) is 0.370. The van der Waals surface area contributed by atoms with Gasteiger partial charge in [0.15, 0.2) is 17.6 Å². The number of nitrogens with one attached hydrogen (secondary N) is 1. The highest BCUT2D eigenvalue weighted by Gasteiger charge is 2.24. The summed E-state index contributed by atoms with van der Waals surface area (Å²) in [5, 5.41) is 2.61. The van der Waals surface area contributed by atoms with Gasteiger partial charge in [0.1, 0.15) is 5.69 Å². The second kappa shape index (κ2) is 11.6. The fourth-order valence-corrected chi connectivity index (χ4v) is 3.54. The van der Waals surface area contributed by atoms with Gasteiger partial charge < -0.3 is 19.5 Å². The van der Waals surface area contributed by atoms with Crippen molar-refractivity contribution in [3.8, 4) is 17.2 Å². The Kier molecular flexibility index (Phi) is 8.58. The monoisotopic (exact) mass is 495 g/mol. The largest absolute Gasteiger partial charge is 0.493 e. The zero-order chi connectivity index (χ0) is 26.4. The summed E-state index contributed by atoms with van der Waals surface area (Å²) in [6.45, 7) is 7.91.